The van der Waals surface area contributed by atoms with Gasteiger partial charge in [-0.15, -0.1) is 0 Å². The molecule has 0 amide bonds. The number of hydrogen-bond acceptors (Lipinski definition) is 6. The summed E-state index contributed by atoms with van der Waals surface area (Å²) >= 11 is 0. The molecule has 2 heterocycles. The van der Waals surface area contributed by atoms with Crippen LogP contribution in [0.15, 0.2) is 55.0 Å². The van der Waals surface area contributed by atoms with Crippen LogP contribution >= 0.6 is 0 Å². The van der Waals surface area contributed by atoms with Crippen LogP contribution in [0.4, 0.5) is 23.1 Å². The van der Waals surface area contributed by atoms with Gasteiger partial charge in [-0.3, -0.25) is 0 Å². The molecule has 4 N–H and O–H groups in total. The Morgan fingerprint density at radius 2 is 1.71 bits per heavy atom. The van der Waals surface area contributed by atoms with E-state index in [1.54, 1.807) is 6.20 Å². The van der Waals surface area contributed by atoms with Gasteiger partial charge in [-0.05, 0) is 30.5 Å². The Morgan fingerprint density at radius 1 is 0.917 bits per heavy atom. The second kappa shape index (κ2) is 7.41. The Morgan fingerprint density at radius 3 is 2.50 bits per heavy atom. The van der Waals surface area contributed by atoms with Crippen LogP contribution in [0.3, 0.4) is 0 Å². The monoisotopic (exact) mass is 320 g/mol. The molecule has 0 radical (unpaired) electrons. The average Bonchev–Trinajstić information content (AvgIpc) is 2.61. The van der Waals surface area contributed by atoms with Gasteiger partial charge in [-0.25, -0.2) is 15.0 Å². The van der Waals surface area contributed by atoms with Crippen LogP contribution in [0.1, 0.15) is 11.1 Å². The predicted octanol–water partition coefficient (Wildman–Crippen LogP) is 3.16. The quantitative estimate of drug-likeness (QED) is 0.646. The summed E-state index contributed by atoms with van der Waals surface area (Å²) in [6.45, 7) is 2.72. The van der Waals surface area contributed by atoms with Crippen molar-refractivity contribution in [1.29, 1.82) is 0 Å². The van der Waals surface area contributed by atoms with E-state index in [0.29, 0.717) is 17.3 Å². The summed E-state index contributed by atoms with van der Waals surface area (Å²) in [7, 11) is 0. The molecule has 3 aromatic rings. The van der Waals surface area contributed by atoms with Crippen molar-refractivity contribution in [2.75, 3.05) is 22.9 Å². The first kappa shape index (κ1) is 15.7. The first-order valence-electron chi connectivity index (χ1n) is 7.81. The Labute approximate surface area is 141 Å². The summed E-state index contributed by atoms with van der Waals surface area (Å²) < 4.78 is 0. The maximum Gasteiger partial charge on any atom is 0.160 e. The van der Waals surface area contributed by atoms with E-state index in [1.807, 2.05) is 37.3 Å². The normalized spacial score (nSPS) is 10.4. The van der Waals surface area contributed by atoms with Crippen molar-refractivity contribution in [3.8, 4) is 0 Å². The molecule has 2 aromatic heterocycles. The molecule has 122 valence electrons. The number of pyridine rings is 1. The Kier molecular flexibility index (Phi) is 4.86. The maximum atomic E-state index is 6.18. The third kappa shape index (κ3) is 3.78. The van der Waals surface area contributed by atoms with Crippen LogP contribution in [-0.4, -0.2) is 21.5 Å². The molecule has 1 aromatic carbocycles. The molecule has 0 unspecified atom stereocenters. The fraction of sp³-hybridized carbons (Fsp3) is 0.167. The molecule has 0 bridgehead atoms. The SMILES string of the molecule is Cc1cccnc1Nc1ncnc(NCCc2ccccc2)c1N. The largest absolute Gasteiger partial charge is 0.393 e. The molecule has 0 aliphatic carbocycles. The summed E-state index contributed by atoms with van der Waals surface area (Å²) in [5.74, 6) is 1.91. The number of anilines is 4. The standard InChI is InChI=1S/C18H20N6/c1-13-6-5-10-20-16(13)24-18-15(19)17(22-12-23-18)21-11-9-14-7-3-2-4-8-14/h2-8,10,12H,9,11,19H2,1H3,(H2,20,21,22,23,24). The molecule has 0 saturated heterocycles. The third-order valence-corrected chi connectivity index (χ3v) is 3.68. The number of nitrogens with zero attached hydrogens (tertiary/aromatic N) is 3. The molecule has 6 heteroatoms. The van der Waals surface area contributed by atoms with Gasteiger partial charge in [0.25, 0.3) is 0 Å². The fourth-order valence-corrected chi connectivity index (χ4v) is 2.33. The average molecular weight is 320 g/mol. The summed E-state index contributed by atoms with van der Waals surface area (Å²) in [5.41, 5.74) is 8.95. The molecule has 0 spiro atoms. The highest BCUT2D eigenvalue weighted by molar-refractivity contribution is 5.77. The summed E-state index contributed by atoms with van der Waals surface area (Å²) in [6, 6.07) is 14.1. The van der Waals surface area contributed by atoms with Crippen molar-refractivity contribution in [2.24, 2.45) is 0 Å². The predicted molar refractivity (Wildman–Crippen MR) is 97.3 cm³/mol. The van der Waals surface area contributed by atoms with Gasteiger partial charge in [0.2, 0.25) is 0 Å². The first-order chi connectivity index (χ1) is 11.7. The minimum absolute atomic E-state index is 0.482. The van der Waals surface area contributed by atoms with Gasteiger partial charge < -0.3 is 16.4 Å². The fourth-order valence-electron chi connectivity index (χ4n) is 2.33. The van der Waals surface area contributed by atoms with Crippen molar-refractivity contribution < 1.29 is 0 Å². The molecular formula is C18H20N6. The van der Waals surface area contributed by atoms with E-state index in [2.05, 4.69) is 37.7 Å². The number of hydrogen-bond donors (Lipinski definition) is 3. The van der Waals surface area contributed by atoms with E-state index in [9.17, 15) is 0 Å². The molecule has 0 atom stereocenters. The number of nitrogens with two attached hydrogens (primary N) is 1. The van der Waals surface area contributed by atoms with Crippen molar-refractivity contribution in [3.05, 3.63) is 66.1 Å². The van der Waals surface area contributed by atoms with Crippen LogP contribution < -0.4 is 16.4 Å². The van der Waals surface area contributed by atoms with Crippen LogP contribution in [0, 0.1) is 6.92 Å². The van der Waals surface area contributed by atoms with E-state index < -0.39 is 0 Å². The van der Waals surface area contributed by atoms with Gasteiger partial charge in [-0.2, -0.15) is 0 Å². The summed E-state index contributed by atoms with van der Waals surface area (Å²) in [4.78, 5) is 12.7. The first-order valence-corrected chi connectivity index (χ1v) is 7.81. The zero-order valence-electron chi connectivity index (χ0n) is 13.5. The number of nitrogen functional groups attached to an aromatic ring is 1. The van der Waals surface area contributed by atoms with Crippen molar-refractivity contribution >= 4 is 23.1 Å². The third-order valence-electron chi connectivity index (χ3n) is 3.68. The summed E-state index contributed by atoms with van der Waals surface area (Å²) in [6.07, 6.45) is 4.11. The highest BCUT2D eigenvalue weighted by Gasteiger charge is 2.09. The molecular weight excluding hydrogens is 300 g/mol. The minimum Gasteiger partial charge on any atom is -0.393 e. The van der Waals surface area contributed by atoms with Gasteiger partial charge in [0.05, 0.1) is 0 Å². The Balaban J connectivity index is 1.68. The lowest BCUT2D eigenvalue weighted by molar-refractivity contribution is 1.00. The van der Waals surface area contributed by atoms with Crippen molar-refractivity contribution in [2.45, 2.75) is 13.3 Å². The molecule has 0 saturated carbocycles. The highest BCUT2D eigenvalue weighted by atomic mass is 15.1. The van der Waals surface area contributed by atoms with Gasteiger partial charge >= 0.3 is 0 Å². The molecule has 0 aliphatic rings. The van der Waals surface area contributed by atoms with E-state index in [4.69, 9.17) is 5.73 Å². The lowest BCUT2D eigenvalue weighted by Gasteiger charge is -2.13. The van der Waals surface area contributed by atoms with E-state index in [-0.39, 0.29) is 0 Å². The number of benzene rings is 1. The number of aryl methyl sites for hydroxylation is 1. The molecule has 24 heavy (non-hydrogen) atoms. The van der Waals surface area contributed by atoms with Crippen molar-refractivity contribution in [3.63, 3.8) is 0 Å². The van der Waals surface area contributed by atoms with Gasteiger partial charge in [-0.1, -0.05) is 36.4 Å². The maximum absolute atomic E-state index is 6.18. The number of rotatable bonds is 6. The molecule has 6 nitrogen and oxygen atoms in total. The second-order valence-corrected chi connectivity index (χ2v) is 5.44. The van der Waals surface area contributed by atoms with Crippen LogP contribution in [-0.2, 0) is 6.42 Å². The van der Waals surface area contributed by atoms with E-state index in [0.717, 1.165) is 24.3 Å². The highest BCUT2D eigenvalue weighted by Crippen LogP contribution is 2.25. The van der Waals surface area contributed by atoms with Crippen LogP contribution in [0.5, 0.6) is 0 Å². The second-order valence-electron chi connectivity index (χ2n) is 5.44. The van der Waals surface area contributed by atoms with Crippen LogP contribution in [0.25, 0.3) is 0 Å². The number of nitrogens with one attached hydrogen (secondary N) is 2. The molecule has 0 aliphatic heterocycles. The van der Waals surface area contributed by atoms with Gasteiger partial charge in [0.1, 0.15) is 17.8 Å². The van der Waals surface area contributed by atoms with Gasteiger partial charge in [0, 0.05) is 12.7 Å². The molecule has 3 rings (SSSR count). The van der Waals surface area contributed by atoms with E-state index in [1.165, 1.54) is 11.9 Å². The van der Waals surface area contributed by atoms with Gasteiger partial charge in [0.15, 0.2) is 11.6 Å². The number of aromatic nitrogens is 3. The lowest BCUT2D eigenvalue weighted by atomic mass is 10.1. The van der Waals surface area contributed by atoms with Crippen molar-refractivity contribution in [1.82, 2.24) is 15.0 Å². The molecule has 0 fully saturated rings. The summed E-state index contributed by atoms with van der Waals surface area (Å²) in [5, 5.41) is 6.43. The Hall–Kier alpha value is -3.15. The zero-order chi connectivity index (χ0) is 16.8. The zero-order valence-corrected chi connectivity index (χ0v) is 13.5. The van der Waals surface area contributed by atoms with Crippen LogP contribution in [0.2, 0.25) is 0 Å². The Bertz CT molecular complexity index is 804. The van der Waals surface area contributed by atoms with E-state index >= 15 is 0 Å². The smallest absolute Gasteiger partial charge is 0.160 e. The minimum atomic E-state index is 0.482. The lowest BCUT2D eigenvalue weighted by Crippen LogP contribution is -2.11. The topological polar surface area (TPSA) is 88.8 Å².